The van der Waals surface area contributed by atoms with Crippen molar-refractivity contribution in [3.63, 3.8) is 0 Å². The van der Waals surface area contributed by atoms with E-state index in [4.69, 9.17) is 16.7 Å². The third-order valence-corrected chi connectivity index (χ3v) is 5.43. The lowest BCUT2D eigenvalue weighted by atomic mass is 9.94. The second kappa shape index (κ2) is 7.58. The number of nitrogens with one attached hydrogen (secondary N) is 1. The summed E-state index contributed by atoms with van der Waals surface area (Å²) in [6, 6.07) is -0.206. The number of sulfonamides is 1. The lowest BCUT2D eigenvalue weighted by Gasteiger charge is -2.24. The Bertz CT molecular complexity index is 559. The Morgan fingerprint density at radius 1 is 1.48 bits per heavy atom. The Balaban J connectivity index is 2.06. The first kappa shape index (κ1) is 16.7. The number of fused-ring (bicyclic) bond motifs is 1. The van der Waals surface area contributed by atoms with E-state index in [9.17, 15) is 8.42 Å². The van der Waals surface area contributed by atoms with Gasteiger partial charge in [0.2, 0.25) is 10.0 Å². The van der Waals surface area contributed by atoms with E-state index < -0.39 is 10.0 Å². The van der Waals surface area contributed by atoms with Crippen molar-refractivity contribution < 1.29 is 13.5 Å². The van der Waals surface area contributed by atoms with Crippen LogP contribution in [-0.4, -0.2) is 41.5 Å². The van der Waals surface area contributed by atoms with Crippen LogP contribution in [0.25, 0.3) is 0 Å². The van der Waals surface area contributed by atoms with Crippen LogP contribution in [0.1, 0.15) is 43.0 Å². The van der Waals surface area contributed by atoms with Crippen molar-refractivity contribution in [2.45, 2.75) is 44.7 Å². The SMILES string of the molecule is O=S(=O)(CCCCCl)NC1CCCc2c1cnn2CCO. The van der Waals surface area contributed by atoms with Crippen LogP contribution < -0.4 is 4.72 Å². The molecular formula is C13H22ClN3O3S. The molecule has 1 atom stereocenters. The summed E-state index contributed by atoms with van der Waals surface area (Å²) < 4.78 is 28.7. The molecule has 2 N–H and O–H groups in total. The molecule has 0 saturated carbocycles. The van der Waals surface area contributed by atoms with E-state index in [0.717, 1.165) is 30.5 Å². The van der Waals surface area contributed by atoms with Crippen LogP contribution in [0.15, 0.2) is 6.20 Å². The lowest BCUT2D eigenvalue weighted by molar-refractivity contribution is 0.266. The van der Waals surface area contributed by atoms with Crippen molar-refractivity contribution in [3.8, 4) is 0 Å². The molecule has 21 heavy (non-hydrogen) atoms. The van der Waals surface area contributed by atoms with E-state index in [-0.39, 0.29) is 18.4 Å². The molecule has 0 spiro atoms. The molecule has 1 unspecified atom stereocenters. The molecule has 1 aromatic rings. The number of hydrogen-bond acceptors (Lipinski definition) is 4. The van der Waals surface area contributed by atoms with E-state index in [1.54, 1.807) is 10.9 Å². The third kappa shape index (κ3) is 4.42. The largest absolute Gasteiger partial charge is 0.394 e. The first-order valence-corrected chi connectivity index (χ1v) is 9.47. The molecule has 8 heteroatoms. The van der Waals surface area contributed by atoms with Gasteiger partial charge in [-0.15, -0.1) is 11.6 Å². The third-order valence-electron chi connectivity index (χ3n) is 3.69. The fourth-order valence-corrected chi connectivity index (χ4v) is 4.26. The molecule has 0 fully saturated rings. The minimum absolute atomic E-state index is 0.0307. The number of aromatic nitrogens is 2. The zero-order valence-corrected chi connectivity index (χ0v) is 13.5. The first-order chi connectivity index (χ1) is 10.1. The Morgan fingerprint density at radius 3 is 3.00 bits per heavy atom. The number of nitrogens with zero attached hydrogens (tertiary/aromatic N) is 2. The maximum atomic E-state index is 12.1. The highest BCUT2D eigenvalue weighted by atomic mass is 35.5. The van der Waals surface area contributed by atoms with Crippen molar-refractivity contribution in [2.24, 2.45) is 0 Å². The quantitative estimate of drug-likeness (QED) is 0.552. The molecule has 1 heterocycles. The van der Waals surface area contributed by atoms with E-state index >= 15 is 0 Å². The molecule has 1 aromatic heterocycles. The standard InChI is InChI=1S/C13H22ClN3O3S/c14-6-1-2-9-21(19,20)16-12-4-3-5-13-11(12)10-15-17(13)7-8-18/h10,12,16,18H,1-9H2. The summed E-state index contributed by atoms with van der Waals surface area (Å²) in [5, 5.41) is 13.3. The van der Waals surface area contributed by atoms with Crippen molar-refractivity contribution in [2.75, 3.05) is 18.2 Å². The second-order valence-corrected chi connectivity index (χ2v) is 7.52. The lowest BCUT2D eigenvalue weighted by Crippen LogP contribution is -2.32. The number of unbranched alkanes of at least 4 members (excludes halogenated alkanes) is 1. The number of aliphatic hydroxyl groups excluding tert-OH is 1. The predicted molar refractivity (Wildman–Crippen MR) is 81.9 cm³/mol. The zero-order valence-electron chi connectivity index (χ0n) is 12.0. The summed E-state index contributed by atoms with van der Waals surface area (Å²) in [4.78, 5) is 0. The number of rotatable bonds is 8. The van der Waals surface area contributed by atoms with E-state index in [1.165, 1.54) is 0 Å². The van der Waals surface area contributed by atoms with Gasteiger partial charge in [0.25, 0.3) is 0 Å². The van der Waals surface area contributed by atoms with E-state index in [0.29, 0.717) is 25.3 Å². The van der Waals surface area contributed by atoms with Crippen molar-refractivity contribution >= 4 is 21.6 Å². The fourth-order valence-electron chi connectivity index (χ4n) is 2.69. The minimum atomic E-state index is -3.29. The maximum Gasteiger partial charge on any atom is 0.212 e. The molecule has 2 rings (SSSR count). The van der Waals surface area contributed by atoms with E-state index in [1.807, 2.05) is 0 Å². The Morgan fingerprint density at radius 2 is 2.29 bits per heavy atom. The summed E-state index contributed by atoms with van der Waals surface area (Å²) in [6.07, 6.45) is 5.57. The summed E-state index contributed by atoms with van der Waals surface area (Å²) in [6.45, 7) is 0.480. The van der Waals surface area contributed by atoms with Gasteiger partial charge < -0.3 is 5.11 Å². The molecule has 1 aliphatic carbocycles. The van der Waals surface area contributed by atoms with Gasteiger partial charge in [-0.2, -0.15) is 5.10 Å². The average Bonchev–Trinajstić information content (AvgIpc) is 2.84. The molecule has 120 valence electrons. The molecule has 0 amide bonds. The Hall–Kier alpha value is -0.630. The maximum absolute atomic E-state index is 12.1. The number of aliphatic hydroxyl groups is 1. The van der Waals surface area contributed by atoms with Crippen molar-refractivity contribution in [1.82, 2.24) is 14.5 Å². The monoisotopic (exact) mass is 335 g/mol. The fraction of sp³-hybridized carbons (Fsp3) is 0.769. The van der Waals surface area contributed by atoms with Crippen LogP contribution in [0.3, 0.4) is 0 Å². The zero-order chi connectivity index (χ0) is 15.3. The summed E-state index contributed by atoms with van der Waals surface area (Å²) >= 11 is 5.57. The van der Waals surface area contributed by atoms with E-state index in [2.05, 4.69) is 9.82 Å². The van der Waals surface area contributed by atoms with Gasteiger partial charge in [-0.05, 0) is 32.1 Å². The van der Waals surface area contributed by atoms with Crippen LogP contribution in [0.4, 0.5) is 0 Å². The smallest absolute Gasteiger partial charge is 0.212 e. The van der Waals surface area contributed by atoms with Crippen LogP contribution >= 0.6 is 11.6 Å². The Kier molecular flexibility index (Phi) is 6.04. The van der Waals surface area contributed by atoms with Gasteiger partial charge in [-0.3, -0.25) is 4.68 Å². The second-order valence-electron chi connectivity index (χ2n) is 5.27. The van der Waals surface area contributed by atoms with Crippen LogP contribution in [0.5, 0.6) is 0 Å². The van der Waals surface area contributed by atoms with Gasteiger partial charge in [0.1, 0.15) is 0 Å². The van der Waals surface area contributed by atoms with Crippen molar-refractivity contribution in [1.29, 1.82) is 0 Å². The molecule has 1 aliphatic rings. The molecule has 6 nitrogen and oxygen atoms in total. The van der Waals surface area contributed by atoms with Crippen LogP contribution in [-0.2, 0) is 23.0 Å². The molecule has 0 aromatic carbocycles. The summed E-state index contributed by atoms with van der Waals surface area (Å²) in [5.41, 5.74) is 1.97. The number of alkyl halides is 1. The average molecular weight is 336 g/mol. The molecular weight excluding hydrogens is 314 g/mol. The normalized spacial score (nSPS) is 18.7. The van der Waals surface area contributed by atoms with Gasteiger partial charge in [-0.1, -0.05) is 0 Å². The first-order valence-electron chi connectivity index (χ1n) is 7.29. The summed E-state index contributed by atoms with van der Waals surface area (Å²) in [5.74, 6) is 0.591. The van der Waals surface area contributed by atoms with Crippen LogP contribution in [0, 0.1) is 0 Å². The highest BCUT2D eigenvalue weighted by Crippen LogP contribution is 2.30. The minimum Gasteiger partial charge on any atom is -0.394 e. The number of hydrogen-bond donors (Lipinski definition) is 2. The van der Waals surface area contributed by atoms with Gasteiger partial charge in [-0.25, -0.2) is 13.1 Å². The highest BCUT2D eigenvalue weighted by molar-refractivity contribution is 7.89. The molecule has 0 radical (unpaired) electrons. The van der Waals surface area contributed by atoms with Gasteiger partial charge in [0.15, 0.2) is 0 Å². The molecule has 0 bridgehead atoms. The van der Waals surface area contributed by atoms with Gasteiger partial charge in [0, 0.05) is 17.1 Å². The van der Waals surface area contributed by atoms with Gasteiger partial charge >= 0.3 is 0 Å². The molecule has 0 aliphatic heterocycles. The molecule has 0 saturated heterocycles. The predicted octanol–water partition coefficient (Wildman–Crippen LogP) is 1.19. The van der Waals surface area contributed by atoms with Gasteiger partial charge in [0.05, 0.1) is 31.1 Å². The summed E-state index contributed by atoms with van der Waals surface area (Å²) in [7, 11) is -3.29. The van der Waals surface area contributed by atoms with Crippen molar-refractivity contribution in [3.05, 3.63) is 17.5 Å². The topological polar surface area (TPSA) is 84.2 Å². The van der Waals surface area contributed by atoms with Crippen LogP contribution in [0.2, 0.25) is 0 Å². The Labute approximate surface area is 130 Å². The highest BCUT2D eigenvalue weighted by Gasteiger charge is 2.27. The number of halogens is 1.